The van der Waals surface area contributed by atoms with Crippen molar-refractivity contribution in [1.29, 1.82) is 0 Å². The van der Waals surface area contributed by atoms with Crippen molar-refractivity contribution in [2.45, 2.75) is 37.5 Å². The number of carbonyl (C=O) groups is 1. The van der Waals surface area contributed by atoms with E-state index in [1.165, 1.54) is 6.07 Å². The Balaban J connectivity index is 2.47. The van der Waals surface area contributed by atoms with Crippen LogP contribution in [0.4, 0.5) is 4.39 Å². The Morgan fingerprint density at radius 1 is 1.19 bits per heavy atom. The highest BCUT2D eigenvalue weighted by Crippen LogP contribution is 2.40. The summed E-state index contributed by atoms with van der Waals surface area (Å²) < 4.78 is 13.8. The zero-order chi connectivity index (χ0) is 11.6. The number of hydrogen-bond donors (Lipinski definition) is 1. The molecule has 1 saturated carbocycles. The van der Waals surface area contributed by atoms with E-state index in [1.54, 1.807) is 18.2 Å². The number of carbonyl (C=O) groups excluding carboxylic acids is 1. The zero-order valence-electron chi connectivity index (χ0n) is 9.21. The Morgan fingerprint density at radius 2 is 1.81 bits per heavy atom. The molecule has 1 aromatic rings. The Hall–Kier alpha value is -1.38. The quantitative estimate of drug-likeness (QED) is 0.819. The van der Waals surface area contributed by atoms with E-state index in [1.807, 2.05) is 0 Å². The lowest BCUT2D eigenvalue weighted by Gasteiger charge is -2.34. The maximum atomic E-state index is 13.8. The summed E-state index contributed by atoms with van der Waals surface area (Å²) in [6.07, 6.45) is 4.32. The van der Waals surface area contributed by atoms with Crippen molar-refractivity contribution >= 4 is 5.91 Å². The van der Waals surface area contributed by atoms with Gasteiger partial charge in [0.15, 0.2) is 0 Å². The van der Waals surface area contributed by atoms with Gasteiger partial charge in [-0.2, -0.15) is 0 Å². The Labute approximate surface area is 94.6 Å². The molecule has 0 heterocycles. The van der Waals surface area contributed by atoms with Gasteiger partial charge in [-0.15, -0.1) is 0 Å². The summed E-state index contributed by atoms with van der Waals surface area (Å²) in [5.74, 6) is -0.708. The monoisotopic (exact) mass is 221 g/mol. The molecule has 0 aliphatic heterocycles. The van der Waals surface area contributed by atoms with Crippen LogP contribution in [-0.2, 0) is 10.2 Å². The van der Waals surface area contributed by atoms with Crippen LogP contribution in [0.5, 0.6) is 0 Å². The first-order chi connectivity index (χ1) is 7.67. The van der Waals surface area contributed by atoms with Crippen molar-refractivity contribution in [2.75, 3.05) is 0 Å². The number of primary amides is 1. The van der Waals surface area contributed by atoms with Crippen LogP contribution in [0.1, 0.15) is 37.7 Å². The molecule has 86 valence electrons. The standard InChI is InChI=1S/C13H16FNO/c14-11-7-3-2-6-10(11)13(12(15)16)8-4-1-5-9-13/h2-3,6-7H,1,4-5,8-9H2,(H2,15,16). The Kier molecular flexibility index (Phi) is 2.95. The second-order valence-corrected chi connectivity index (χ2v) is 4.49. The van der Waals surface area contributed by atoms with Gasteiger partial charge in [-0.25, -0.2) is 4.39 Å². The van der Waals surface area contributed by atoms with E-state index in [0.29, 0.717) is 18.4 Å². The van der Waals surface area contributed by atoms with Crippen LogP contribution < -0.4 is 5.73 Å². The maximum absolute atomic E-state index is 13.8. The molecular formula is C13H16FNO. The second kappa shape index (κ2) is 4.24. The third-order valence-electron chi connectivity index (χ3n) is 3.57. The zero-order valence-corrected chi connectivity index (χ0v) is 9.21. The molecule has 16 heavy (non-hydrogen) atoms. The Bertz CT molecular complexity index is 397. The lowest BCUT2D eigenvalue weighted by Crippen LogP contribution is -2.43. The molecule has 0 spiro atoms. The fourth-order valence-electron chi connectivity index (χ4n) is 2.65. The topological polar surface area (TPSA) is 43.1 Å². The number of nitrogens with two attached hydrogens (primary N) is 1. The molecular weight excluding hydrogens is 205 g/mol. The largest absolute Gasteiger partial charge is 0.369 e. The van der Waals surface area contributed by atoms with Crippen molar-refractivity contribution in [3.05, 3.63) is 35.6 Å². The molecule has 0 unspecified atom stereocenters. The van der Waals surface area contributed by atoms with Crippen LogP contribution in [0.25, 0.3) is 0 Å². The lowest BCUT2D eigenvalue weighted by molar-refractivity contribution is -0.124. The predicted molar refractivity (Wildman–Crippen MR) is 60.4 cm³/mol. The predicted octanol–water partition coefficient (Wildman–Crippen LogP) is 2.51. The molecule has 1 amide bonds. The van der Waals surface area contributed by atoms with E-state index in [9.17, 15) is 9.18 Å². The van der Waals surface area contributed by atoms with Crippen molar-refractivity contribution in [3.8, 4) is 0 Å². The van der Waals surface area contributed by atoms with Crippen molar-refractivity contribution < 1.29 is 9.18 Å². The summed E-state index contributed by atoms with van der Waals surface area (Å²) >= 11 is 0. The van der Waals surface area contributed by atoms with Gasteiger partial charge in [-0.1, -0.05) is 37.5 Å². The third kappa shape index (κ3) is 1.70. The summed E-state index contributed by atoms with van der Waals surface area (Å²) in [5, 5.41) is 0. The highest BCUT2D eigenvalue weighted by molar-refractivity contribution is 5.86. The molecule has 0 aromatic heterocycles. The van der Waals surface area contributed by atoms with Gasteiger partial charge in [0.1, 0.15) is 5.82 Å². The highest BCUT2D eigenvalue weighted by atomic mass is 19.1. The van der Waals surface area contributed by atoms with E-state index in [0.717, 1.165) is 19.3 Å². The van der Waals surface area contributed by atoms with Crippen molar-refractivity contribution in [3.63, 3.8) is 0 Å². The highest BCUT2D eigenvalue weighted by Gasteiger charge is 2.41. The third-order valence-corrected chi connectivity index (χ3v) is 3.57. The van der Waals surface area contributed by atoms with Gasteiger partial charge in [0.2, 0.25) is 5.91 Å². The summed E-state index contributed by atoms with van der Waals surface area (Å²) in [5.41, 5.74) is 5.20. The molecule has 0 atom stereocenters. The summed E-state index contributed by atoms with van der Waals surface area (Å²) in [6, 6.07) is 6.48. The number of rotatable bonds is 2. The lowest BCUT2D eigenvalue weighted by atomic mass is 9.69. The molecule has 1 aliphatic carbocycles. The van der Waals surface area contributed by atoms with Gasteiger partial charge in [-0.3, -0.25) is 4.79 Å². The second-order valence-electron chi connectivity index (χ2n) is 4.49. The molecule has 0 radical (unpaired) electrons. The van der Waals surface area contributed by atoms with Crippen LogP contribution in [0, 0.1) is 5.82 Å². The number of benzene rings is 1. The van der Waals surface area contributed by atoms with Gasteiger partial charge in [0.25, 0.3) is 0 Å². The first-order valence-corrected chi connectivity index (χ1v) is 5.72. The SMILES string of the molecule is NC(=O)C1(c2ccccc2F)CCCCC1. The molecule has 1 aromatic carbocycles. The first kappa shape index (κ1) is 11.1. The molecule has 2 nitrogen and oxygen atoms in total. The minimum absolute atomic E-state index is 0.316. The smallest absolute Gasteiger partial charge is 0.228 e. The van der Waals surface area contributed by atoms with E-state index in [2.05, 4.69) is 0 Å². The van der Waals surface area contributed by atoms with Gasteiger partial charge in [0.05, 0.1) is 5.41 Å². The number of hydrogen-bond acceptors (Lipinski definition) is 1. The molecule has 0 saturated heterocycles. The fraction of sp³-hybridized carbons (Fsp3) is 0.462. The van der Waals surface area contributed by atoms with E-state index >= 15 is 0 Å². The normalized spacial score (nSPS) is 19.3. The fourth-order valence-corrected chi connectivity index (χ4v) is 2.65. The Morgan fingerprint density at radius 3 is 2.38 bits per heavy atom. The van der Waals surface area contributed by atoms with Crippen LogP contribution in [-0.4, -0.2) is 5.91 Å². The average Bonchev–Trinajstić information content (AvgIpc) is 2.30. The minimum Gasteiger partial charge on any atom is -0.369 e. The van der Waals surface area contributed by atoms with Crippen LogP contribution in [0.15, 0.2) is 24.3 Å². The van der Waals surface area contributed by atoms with Crippen molar-refractivity contribution in [1.82, 2.24) is 0 Å². The van der Waals surface area contributed by atoms with Crippen molar-refractivity contribution in [2.24, 2.45) is 5.73 Å². The minimum atomic E-state index is -0.774. The molecule has 1 fully saturated rings. The van der Waals surface area contributed by atoms with Gasteiger partial charge in [0, 0.05) is 5.56 Å². The molecule has 2 rings (SSSR count). The van der Waals surface area contributed by atoms with E-state index in [-0.39, 0.29) is 5.82 Å². The molecule has 1 aliphatic rings. The summed E-state index contributed by atoms with van der Waals surface area (Å²) in [4.78, 5) is 11.7. The average molecular weight is 221 g/mol. The van der Waals surface area contributed by atoms with Crippen LogP contribution in [0.2, 0.25) is 0 Å². The van der Waals surface area contributed by atoms with Gasteiger partial charge < -0.3 is 5.73 Å². The first-order valence-electron chi connectivity index (χ1n) is 5.72. The number of halogens is 1. The van der Waals surface area contributed by atoms with Crippen LogP contribution >= 0.6 is 0 Å². The van der Waals surface area contributed by atoms with Gasteiger partial charge in [-0.05, 0) is 18.9 Å². The molecule has 0 bridgehead atoms. The summed E-state index contributed by atoms with van der Waals surface area (Å²) in [7, 11) is 0. The number of amides is 1. The molecule has 2 N–H and O–H groups in total. The van der Waals surface area contributed by atoms with E-state index < -0.39 is 11.3 Å². The van der Waals surface area contributed by atoms with E-state index in [4.69, 9.17) is 5.73 Å². The maximum Gasteiger partial charge on any atom is 0.228 e. The molecule has 3 heteroatoms. The van der Waals surface area contributed by atoms with Crippen LogP contribution in [0.3, 0.4) is 0 Å². The van der Waals surface area contributed by atoms with Gasteiger partial charge >= 0.3 is 0 Å². The summed E-state index contributed by atoms with van der Waals surface area (Å²) in [6.45, 7) is 0.